The number of aromatic carboxylic acids is 1. The SMILES string of the molecule is CC(=O)Oc1cc(C(=O)O)cc(C)c1C(C)=O. The molecule has 0 saturated carbocycles. The fourth-order valence-electron chi connectivity index (χ4n) is 1.56. The van der Waals surface area contributed by atoms with E-state index in [0.29, 0.717) is 5.56 Å². The van der Waals surface area contributed by atoms with Crippen molar-refractivity contribution in [3.8, 4) is 5.75 Å². The van der Waals surface area contributed by atoms with E-state index >= 15 is 0 Å². The smallest absolute Gasteiger partial charge is 0.335 e. The van der Waals surface area contributed by atoms with Gasteiger partial charge in [-0.15, -0.1) is 0 Å². The van der Waals surface area contributed by atoms with Gasteiger partial charge in [0.05, 0.1) is 11.1 Å². The molecule has 0 bridgehead atoms. The number of Topliss-reactive ketones (excluding diaryl/α,β-unsaturated/α-hetero) is 1. The summed E-state index contributed by atoms with van der Waals surface area (Å²) in [5.74, 6) is -2.04. The van der Waals surface area contributed by atoms with E-state index in [-0.39, 0.29) is 22.7 Å². The van der Waals surface area contributed by atoms with Crippen LogP contribution in [0.1, 0.15) is 40.1 Å². The van der Waals surface area contributed by atoms with Crippen LogP contribution in [0.2, 0.25) is 0 Å². The molecule has 1 aromatic rings. The molecule has 0 atom stereocenters. The van der Waals surface area contributed by atoms with Crippen molar-refractivity contribution in [2.24, 2.45) is 0 Å². The molecule has 0 radical (unpaired) electrons. The highest BCUT2D eigenvalue weighted by Gasteiger charge is 2.17. The van der Waals surface area contributed by atoms with Crippen LogP contribution in [0, 0.1) is 6.92 Å². The summed E-state index contributed by atoms with van der Waals surface area (Å²) in [6.07, 6.45) is 0. The van der Waals surface area contributed by atoms with Crippen LogP contribution in [0.3, 0.4) is 0 Å². The highest BCUT2D eigenvalue weighted by atomic mass is 16.5. The van der Waals surface area contributed by atoms with Gasteiger partial charge in [0.25, 0.3) is 0 Å². The fourth-order valence-corrected chi connectivity index (χ4v) is 1.56. The summed E-state index contributed by atoms with van der Waals surface area (Å²) in [4.78, 5) is 33.2. The van der Waals surface area contributed by atoms with Crippen LogP contribution < -0.4 is 4.74 Å². The summed E-state index contributed by atoms with van der Waals surface area (Å²) in [5, 5.41) is 8.87. The Morgan fingerprint density at radius 3 is 2.18 bits per heavy atom. The first-order valence-electron chi connectivity index (χ1n) is 4.90. The number of aryl methyl sites for hydroxylation is 1. The van der Waals surface area contributed by atoms with Gasteiger partial charge >= 0.3 is 11.9 Å². The number of rotatable bonds is 3. The Kier molecular flexibility index (Phi) is 3.62. The Balaban J connectivity index is 3.44. The maximum Gasteiger partial charge on any atom is 0.335 e. The van der Waals surface area contributed by atoms with Crippen LogP contribution in [0.4, 0.5) is 0 Å². The quantitative estimate of drug-likeness (QED) is 0.492. The van der Waals surface area contributed by atoms with E-state index in [1.807, 2.05) is 0 Å². The monoisotopic (exact) mass is 236 g/mol. The number of hydrogen-bond acceptors (Lipinski definition) is 4. The van der Waals surface area contributed by atoms with Gasteiger partial charge in [-0.25, -0.2) is 4.79 Å². The molecule has 0 aliphatic rings. The largest absolute Gasteiger partial charge is 0.478 e. The van der Waals surface area contributed by atoms with Crippen molar-refractivity contribution in [3.63, 3.8) is 0 Å². The Bertz CT molecular complexity index is 502. The van der Waals surface area contributed by atoms with Gasteiger partial charge in [-0.05, 0) is 31.5 Å². The van der Waals surface area contributed by atoms with E-state index in [4.69, 9.17) is 9.84 Å². The van der Waals surface area contributed by atoms with Crippen LogP contribution in [-0.4, -0.2) is 22.8 Å². The predicted octanol–water partition coefficient (Wildman–Crippen LogP) is 1.82. The van der Waals surface area contributed by atoms with Crippen LogP contribution in [0.25, 0.3) is 0 Å². The molecule has 5 heteroatoms. The molecule has 1 rings (SSSR count). The maximum atomic E-state index is 11.4. The lowest BCUT2D eigenvalue weighted by Crippen LogP contribution is -2.10. The number of hydrogen-bond donors (Lipinski definition) is 1. The van der Waals surface area contributed by atoms with Crippen molar-refractivity contribution in [2.75, 3.05) is 0 Å². The van der Waals surface area contributed by atoms with E-state index in [9.17, 15) is 14.4 Å². The Labute approximate surface area is 98.0 Å². The number of ketones is 1. The molecule has 17 heavy (non-hydrogen) atoms. The predicted molar refractivity (Wildman–Crippen MR) is 59.5 cm³/mol. The lowest BCUT2D eigenvalue weighted by atomic mass is 10.0. The number of esters is 1. The first-order valence-corrected chi connectivity index (χ1v) is 4.90. The van der Waals surface area contributed by atoms with E-state index in [2.05, 4.69) is 0 Å². The molecular formula is C12H12O5. The molecule has 0 saturated heterocycles. The lowest BCUT2D eigenvalue weighted by molar-refractivity contribution is -0.131. The van der Waals surface area contributed by atoms with Gasteiger partial charge in [0.2, 0.25) is 0 Å². The minimum atomic E-state index is -1.14. The van der Waals surface area contributed by atoms with Crippen LogP contribution in [-0.2, 0) is 4.79 Å². The zero-order valence-electron chi connectivity index (χ0n) is 9.73. The average molecular weight is 236 g/mol. The van der Waals surface area contributed by atoms with Crippen LogP contribution in [0.5, 0.6) is 5.75 Å². The third kappa shape index (κ3) is 2.90. The molecule has 0 aromatic heterocycles. The fraction of sp³-hybridized carbons (Fsp3) is 0.250. The summed E-state index contributed by atoms with van der Waals surface area (Å²) in [6, 6.07) is 2.54. The molecule has 0 fully saturated rings. The van der Waals surface area contributed by atoms with Crippen molar-refractivity contribution >= 4 is 17.7 Å². The zero-order chi connectivity index (χ0) is 13.2. The van der Waals surface area contributed by atoms with E-state index in [0.717, 1.165) is 0 Å². The van der Waals surface area contributed by atoms with Gasteiger partial charge < -0.3 is 9.84 Å². The second kappa shape index (κ2) is 4.78. The molecule has 5 nitrogen and oxygen atoms in total. The van der Waals surface area contributed by atoms with Crippen LogP contribution in [0.15, 0.2) is 12.1 Å². The van der Waals surface area contributed by atoms with Crippen molar-refractivity contribution in [1.82, 2.24) is 0 Å². The van der Waals surface area contributed by atoms with Gasteiger partial charge in [0, 0.05) is 6.92 Å². The Morgan fingerprint density at radius 2 is 1.76 bits per heavy atom. The lowest BCUT2D eigenvalue weighted by Gasteiger charge is -2.10. The summed E-state index contributed by atoms with van der Waals surface area (Å²) in [6.45, 7) is 4.11. The molecular weight excluding hydrogens is 224 g/mol. The minimum Gasteiger partial charge on any atom is -0.478 e. The highest BCUT2D eigenvalue weighted by Crippen LogP contribution is 2.25. The Morgan fingerprint density at radius 1 is 1.18 bits per heavy atom. The number of carbonyl (C=O) groups excluding carboxylic acids is 2. The number of ether oxygens (including phenoxy) is 1. The average Bonchev–Trinajstić information content (AvgIpc) is 2.14. The third-order valence-corrected chi connectivity index (χ3v) is 2.15. The second-order valence-electron chi connectivity index (χ2n) is 3.62. The number of benzene rings is 1. The van der Waals surface area contributed by atoms with Gasteiger partial charge in [-0.3, -0.25) is 9.59 Å². The molecule has 0 spiro atoms. The summed E-state index contributed by atoms with van der Waals surface area (Å²) >= 11 is 0. The summed E-state index contributed by atoms with van der Waals surface area (Å²) in [5.41, 5.74) is 0.669. The van der Waals surface area contributed by atoms with Gasteiger partial charge in [0.1, 0.15) is 5.75 Å². The third-order valence-electron chi connectivity index (χ3n) is 2.15. The number of carboxylic acid groups (broad SMARTS) is 1. The summed E-state index contributed by atoms with van der Waals surface area (Å²) < 4.78 is 4.86. The minimum absolute atomic E-state index is 0.0117. The topological polar surface area (TPSA) is 80.7 Å². The number of carbonyl (C=O) groups is 3. The number of carboxylic acids is 1. The summed E-state index contributed by atoms with van der Waals surface area (Å²) in [7, 11) is 0. The maximum absolute atomic E-state index is 11.4. The molecule has 1 N–H and O–H groups in total. The molecule has 1 aromatic carbocycles. The van der Waals surface area contributed by atoms with Crippen molar-refractivity contribution < 1.29 is 24.2 Å². The van der Waals surface area contributed by atoms with Gasteiger partial charge in [0.15, 0.2) is 5.78 Å². The standard InChI is InChI=1S/C12H12O5/c1-6-4-9(12(15)16)5-10(17-8(3)14)11(6)7(2)13/h4-5H,1-3H3,(H,15,16). The first-order chi connectivity index (χ1) is 7.82. The van der Waals surface area contributed by atoms with Gasteiger partial charge in [-0.2, -0.15) is 0 Å². The van der Waals surface area contributed by atoms with E-state index in [1.54, 1.807) is 6.92 Å². The highest BCUT2D eigenvalue weighted by molar-refractivity contribution is 6.00. The molecule has 0 amide bonds. The molecule has 0 unspecified atom stereocenters. The van der Waals surface area contributed by atoms with Crippen molar-refractivity contribution in [3.05, 3.63) is 28.8 Å². The van der Waals surface area contributed by atoms with Crippen molar-refractivity contribution in [1.29, 1.82) is 0 Å². The first kappa shape index (κ1) is 12.9. The van der Waals surface area contributed by atoms with Gasteiger partial charge in [-0.1, -0.05) is 0 Å². The van der Waals surface area contributed by atoms with Crippen molar-refractivity contribution in [2.45, 2.75) is 20.8 Å². The second-order valence-corrected chi connectivity index (χ2v) is 3.62. The van der Waals surface area contributed by atoms with Crippen LogP contribution >= 0.6 is 0 Å². The Hall–Kier alpha value is -2.17. The van der Waals surface area contributed by atoms with E-state index < -0.39 is 11.9 Å². The molecule has 90 valence electrons. The zero-order valence-corrected chi connectivity index (χ0v) is 9.73. The van der Waals surface area contributed by atoms with E-state index in [1.165, 1.54) is 26.0 Å². The molecule has 0 heterocycles. The molecule has 0 aliphatic heterocycles. The molecule has 0 aliphatic carbocycles. The normalized spacial score (nSPS) is 9.82.